The molecule has 0 bridgehead atoms. The molecule has 5 aromatic rings. The summed E-state index contributed by atoms with van der Waals surface area (Å²) in [6.07, 6.45) is 0. The van der Waals surface area contributed by atoms with E-state index in [0.29, 0.717) is 11.1 Å². The normalized spacial score (nSPS) is 14.3. The first kappa shape index (κ1) is 28.0. The molecule has 0 spiro atoms. The maximum absolute atomic E-state index is 15.1. The molecule has 0 radical (unpaired) electrons. The van der Waals surface area contributed by atoms with E-state index >= 15 is 8.78 Å². The molecule has 0 aromatic heterocycles. The van der Waals surface area contributed by atoms with Gasteiger partial charge in [-0.05, 0) is 71.5 Å². The Morgan fingerprint density at radius 3 is 2.05 bits per heavy atom. The first-order chi connectivity index (χ1) is 21.0. The summed E-state index contributed by atoms with van der Waals surface area (Å²) in [6.45, 7) is 4.79. The zero-order chi connectivity index (χ0) is 31.1. The number of para-hydroxylation sites is 1. The highest BCUT2D eigenvalue weighted by atomic mass is 19.2. The first-order valence-corrected chi connectivity index (χ1v) is 14.0. The highest BCUT2D eigenvalue weighted by Crippen LogP contribution is 2.53. The van der Waals surface area contributed by atoms with Crippen molar-refractivity contribution >= 4 is 34.9 Å². The van der Waals surface area contributed by atoms with Crippen molar-refractivity contribution in [2.45, 2.75) is 26.2 Å². The lowest BCUT2D eigenvalue weighted by molar-refractivity contribution is 0.382. The van der Waals surface area contributed by atoms with Gasteiger partial charge in [0.05, 0.1) is 18.5 Å². The lowest BCUT2D eigenvalue weighted by Gasteiger charge is -2.42. The van der Waals surface area contributed by atoms with Crippen LogP contribution in [0.5, 0.6) is 11.5 Å². The smallest absolute Gasteiger partial charge is 0.433 e. The van der Waals surface area contributed by atoms with Crippen molar-refractivity contribution in [3.63, 3.8) is 0 Å². The predicted octanol–water partition coefficient (Wildman–Crippen LogP) is 7.97. The van der Waals surface area contributed by atoms with E-state index in [1.165, 1.54) is 0 Å². The number of anilines is 3. The molecule has 0 saturated heterocycles. The van der Waals surface area contributed by atoms with Gasteiger partial charge in [-0.25, -0.2) is 22.0 Å². The van der Waals surface area contributed by atoms with Crippen LogP contribution >= 0.6 is 0 Å². The van der Waals surface area contributed by atoms with E-state index in [2.05, 4.69) is 30.9 Å². The van der Waals surface area contributed by atoms with Gasteiger partial charge in [-0.3, -0.25) is 0 Å². The van der Waals surface area contributed by atoms with Crippen LogP contribution in [-0.2, 0) is 5.41 Å². The van der Waals surface area contributed by atoms with Crippen molar-refractivity contribution in [1.82, 2.24) is 0 Å². The van der Waals surface area contributed by atoms with Gasteiger partial charge in [0.1, 0.15) is 11.5 Å². The highest BCUT2D eigenvalue weighted by Gasteiger charge is 2.42. The fourth-order valence-electron chi connectivity index (χ4n) is 6.43. The fourth-order valence-corrected chi connectivity index (χ4v) is 6.43. The van der Waals surface area contributed by atoms with Crippen molar-refractivity contribution in [3.8, 4) is 22.6 Å². The van der Waals surface area contributed by atoms with Crippen molar-refractivity contribution < 1.29 is 31.3 Å². The van der Waals surface area contributed by atoms with Crippen LogP contribution in [0.15, 0.2) is 78.9 Å². The van der Waals surface area contributed by atoms with Crippen LogP contribution in [0.1, 0.15) is 30.5 Å². The van der Waals surface area contributed by atoms with Crippen LogP contribution in [0.25, 0.3) is 11.1 Å². The number of rotatable bonds is 3. The molecule has 0 saturated carbocycles. The molecule has 44 heavy (non-hydrogen) atoms. The molecule has 2 heterocycles. The maximum Gasteiger partial charge on any atom is 0.433 e. The molecule has 5 aromatic carbocycles. The summed E-state index contributed by atoms with van der Waals surface area (Å²) in [5.74, 6) is -9.13. The van der Waals surface area contributed by atoms with Crippen LogP contribution in [0, 0.1) is 36.0 Å². The molecule has 2 aliphatic heterocycles. The van der Waals surface area contributed by atoms with E-state index in [0.717, 1.165) is 39.5 Å². The molecule has 3 nitrogen and oxygen atoms in total. The number of hydrogen-bond donors (Lipinski definition) is 0. The largest absolute Gasteiger partial charge is 0.551 e. The standard InChI is InChI=1S/C35H25BF5NO2/c1-18-9-13-26-23(15-18)35(2,3)24-17-20(43-4)11-14-27(24)42(26)19-10-12-25-22(16-19)21-7-5-6-8-28(21)44-36(25)29-30(37)32(39)34(41)33(40)31(29)38/h5-17H,1-4H3. The van der Waals surface area contributed by atoms with E-state index in [4.69, 9.17) is 9.39 Å². The van der Waals surface area contributed by atoms with Crippen molar-refractivity contribution in [3.05, 3.63) is 125 Å². The summed E-state index contributed by atoms with van der Waals surface area (Å²) in [5, 5.41) is 0. The van der Waals surface area contributed by atoms with Gasteiger partial charge in [-0.2, -0.15) is 0 Å². The SMILES string of the molecule is COc1ccc2c(c1)C(C)(C)c1cc(C)ccc1N2c1ccc2c(c1)-c1ccccc1OB2c1c(F)c(F)c(F)c(F)c1F. The number of ether oxygens (including phenoxy) is 1. The van der Waals surface area contributed by atoms with Crippen LogP contribution in [0.4, 0.5) is 39.0 Å². The Labute approximate surface area is 251 Å². The minimum atomic E-state index is -2.22. The van der Waals surface area contributed by atoms with E-state index in [1.807, 2.05) is 37.3 Å². The Bertz CT molecular complexity index is 1980. The van der Waals surface area contributed by atoms with Crippen molar-refractivity contribution in [2.75, 3.05) is 12.0 Å². The average Bonchev–Trinajstić information content (AvgIpc) is 3.03. The molecule has 9 heteroatoms. The zero-order valence-corrected chi connectivity index (χ0v) is 24.2. The van der Waals surface area contributed by atoms with E-state index < -0.39 is 41.5 Å². The summed E-state index contributed by atoms with van der Waals surface area (Å²) in [4.78, 5) is 2.11. The minimum Gasteiger partial charge on any atom is -0.551 e. The molecule has 0 fully saturated rings. The second kappa shape index (κ2) is 9.87. The molecule has 0 unspecified atom stereocenters. The predicted molar refractivity (Wildman–Crippen MR) is 162 cm³/mol. The third kappa shape index (κ3) is 3.95. The van der Waals surface area contributed by atoms with Crippen LogP contribution in [-0.4, -0.2) is 14.0 Å². The first-order valence-electron chi connectivity index (χ1n) is 14.0. The molecule has 7 rings (SSSR count). The molecule has 0 N–H and O–H groups in total. The third-order valence-electron chi connectivity index (χ3n) is 8.69. The van der Waals surface area contributed by atoms with Crippen molar-refractivity contribution in [2.24, 2.45) is 0 Å². The Kier molecular flexibility index (Phi) is 6.29. The molecule has 2 aliphatic rings. The Balaban J connectivity index is 1.48. The van der Waals surface area contributed by atoms with Crippen LogP contribution < -0.4 is 25.2 Å². The summed E-state index contributed by atoms with van der Waals surface area (Å²) in [5.41, 5.74) is 5.89. The number of fused-ring (bicyclic) bond motifs is 5. The van der Waals surface area contributed by atoms with Crippen molar-refractivity contribution in [1.29, 1.82) is 0 Å². The summed E-state index contributed by atoms with van der Waals surface area (Å²) < 4.78 is 84.3. The average molecular weight is 597 g/mol. The lowest BCUT2D eigenvalue weighted by Crippen LogP contribution is -2.53. The molecule has 0 atom stereocenters. The maximum atomic E-state index is 15.1. The van der Waals surface area contributed by atoms with Gasteiger partial charge in [0.2, 0.25) is 0 Å². The van der Waals surface area contributed by atoms with Gasteiger partial charge >= 0.3 is 6.92 Å². The number of halogens is 5. The van der Waals surface area contributed by atoms with Crippen LogP contribution in [0.3, 0.4) is 0 Å². The number of aryl methyl sites for hydroxylation is 1. The minimum absolute atomic E-state index is 0.257. The number of benzene rings is 5. The fraction of sp³-hybridized carbons (Fsp3) is 0.143. The number of methoxy groups -OCH3 is 1. The number of nitrogens with zero attached hydrogens (tertiary/aromatic N) is 1. The zero-order valence-electron chi connectivity index (χ0n) is 24.2. The summed E-state index contributed by atoms with van der Waals surface area (Å²) in [6, 6.07) is 24.3. The Hall–Kier alpha value is -4.79. The van der Waals surface area contributed by atoms with Gasteiger partial charge < -0.3 is 14.3 Å². The topological polar surface area (TPSA) is 21.7 Å². The lowest BCUT2D eigenvalue weighted by atomic mass is 9.52. The second-order valence-corrected chi connectivity index (χ2v) is 11.6. The van der Waals surface area contributed by atoms with E-state index in [-0.39, 0.29) is 16.6 Å². The van der Waals surface area contributed by atoms with E-state index in [9.17, 15) is 13.2 Å². The second-order valence-electron chi connectivity index (χ2n) is 11.6. The van der Waals surface area contributed by atoms with E-state index in [1.54, 1.807) is 43.5 Å². The molecule has 0 aliphatic carbocycles. The molecular weight excluding hydrogens is 572 g/mol. The van der Waals surface area contributed by atoms with Crippen LogP contribution in [0.2, 0.25) is 0 Å². The highest BCUT2D eigenvalue weighted by molar-refractivity contribution is 6.82. The quantitative estimate of drug-likeness (QED) is 0.0912. The summed E-state index contributed by atoms with van der Waals surface area (Å²) >= 11 is 0. The Morgan fingerprint density at radius 1 is 0.705 bits per heavy atom. The summed E-state index contributed by atoms with van der Waals surface area (Å²) in [7, 11) is 1.62. The van der Waals surface area contributed by atoms with Gasteiger partial charge in [0, 0.05) is 22.1 Å². The molecule has 220 valence electrons. The van der Waals surface area contributed by atoms with Gasteiger partial charge in [0.25, 0.3) is 0 Å². The molecular formula is C35H25BF5NO2. The monoisotopic (exact) mass is 597 g/mol. The molecule has 0 amide bonds. The van der Waals surface area contributed by atoms with Gasteiger partial charge in [0.15, 0.2) is 29.1 Å². The van der Waals surface area contributed by atoms with Gasteiger partial charge in [-0.1, -0.05) is 55.8 Å². The van der Waals surface area contributed by atoms with Gasteiger partial charge in [-0.15, -0.1) is 0 Å². The number of hydrogen-bond acceptors (Lipinski definition) is 3. The Morgan fingerprint density at radius 2 is 1.34 bits per heavy atom. The third-order valence-corrected chi connectivity index (χ3v) is 8.69.